The molecule has 0 aliphatic carbocycles. The van der Waals surface area contributed by atoms with Crippen LogP contribution in [0.4, 0.5) is 4.39 Å². The highest BCUT2D eigenvalue weighted by Gasteiger charge is 2.11. The van der Waals surface area contributed by atoms with Gasteiger partial charge in [-0.05, 0) is 29.7 Å². The number of Topliss-reactive ketones (excluding diaryl/α,β-unsaturated/α-hetero) is 1. The lowest BCUT2D eigenvalue weighted by atomic mass is 9.98. The molecule has 98 valence electrons. The molecule has 2 aromatic rings. The van der Waals surface area contributed by atoms with Gasteiger partial charge in [-0.2, -0.15) is 0 Å². The van der Waals surface area contributed by atoms with Crippen molar-refractivity contribution in [3.05, 3.63) is 70.5 Å². The first-order chi connectivity index (χ1) is 9.11. The molecule has 0 heterocycles. The summed E-state index contributed by atoms with van der Waals surface area (Å²) in [5.41, 5.74) is 8.42. The summed E-state index contributed by atoms with van der Waals surface area (Å²) in [5.74, 6) is -0.447. The van der Waals surface area contributed by atoms with E-state index in [4.69, 9.17) is 5.73 Å². The fourth-order valence-electron chi connectivity index (χ4n) is 1.97. The van der Waals surface area contributed by atoms with Gasteiger partial charge in [-0.15, -0.1) is 0 Å². The van der Waals surface area contributed by atoms with Crippen molar-refractivity contribution >= 4 is 5.78 Å². The van der Waals surface area contributed by atoms with Crippen LogP contribution >= 0.6 is 0 Å². The highest BCUT2D eigenvalue weighted by molar-refractivity contribution is 5.97. The standard InChI is InChI=1S/C16H16FNO/c1-11-6-7-13(8-15(11)17)16(19)9-12-4-2-3-5-14(12)10-18/h2-8H,9-10,18H2,1H3. The summed E-state index contributed by atoms with van der Waals surface area (Å²) in [4.78, 5) is 12.1. The highest BCUT2D eigenvalue weighted by atomic mass is 19.1. The van der Waals surface area contributed by atoms with Crippen molar-refractivity contribution in [2.24, 2.45) is 5.73 Å². The Morgan fingerprint density at radius 2 is 1.84 bits per heavy atom. The number of hydrogen-bond acceptors (Lipinski definition) is 2. The lowest BCUT2D eigenvalue weighted by Gasteiger charge is -2.07. The summed E-state index contributed by atoms with van der Waals surface area (Å²) in [6.07, 6.45) is 0.246. The Labute approximate surface area is 112 Å². The molecule has 0 atom stereocenters. The topological polar surface area (TPSA) is 43.1 Å². The van der Waals surface area contributed by atoms with E-state index in [1.807, 2.05) is 24.3 Å². The van der Waals surface area contributed by atoms with Crippen LogP contribution in [0.1, 0.15) is 27.0 Å². The smallest absolute Gasteiger partial charge is 0.167 e. The van der Waals surface area contributed by atoms with Crippen molar-refractivity contribution < 1.29 is 9.18 Å². The number of ketones is 1. The molecule has 3 heteroatoms. The lowest BCUT2D eigenvalue weighted by molar-refractivity contribution is 0.0992. The molecule has 0 saturated carbocycles. The Morgan fingerprint density at radius 3 is 2.47 bits per heavy atom. The summed E-state index contributed by atoms with van der Waals surface area (Å²) in [7, 11) is 0. The van der Waals surface area contributed by atoms with Crippen LogP contribution in [0.5, 0.6) is 0 Å². The number of carbonyl (C=O) groups is 1. The van der Waals surface area contributed by atoms with E-state index in [2.05, 4.69) is 0 Å². The lowest BCUT2D eigenvalue weighted by Crippen LogP contribution is -2.08. The Bertz CT molecular complexity index is 607. The highest BCUT2D eigenvalue weighted by Crippen LogP contribution is 2.14. The molecular weight excluding hydrogens is 241 g/mol. The van der Waals surface area contributed by atoms with Gasteiger partial charge in [0, 0.05) is 18.5 Å². The Hall–Kier alpha value is -2.00. The van der Waals surface area contributed by atoms with Crippen molar-refractivity contribution in [1.82, 2.24) is 0 Å². The van der Waals surface area contributed by atoms with Crippen molar-refractivity contribution in [3.8, 4) is 0 Å². The largest absolute Gasteiger partial charge is 0.326 e. The summed E-state index contributed by atoms with van der Waals surface area (Å²) in [6.45, 7) is 2.07. The second kappa shape index (κ2) is 5.76. The van der Waals surface area contributed by atoms with Crippen molar-refractivity contribution in [1.29, 1.82) is 0 Å². The Kier molecular flexibility index (Phi) is 4.07. The number of carbonyl (C=O) groups excluding carboxylic acids is 1. The minimum atomic E-state index is -0.349. The van der Waals surface area contributed by atoms with E-state index in [-0.39, 0.29) is 18.0 Å². The van der Waals surface area contributed by atoms with Crippen LogP contribution in [0.15, 0.2) is 42.5 Å². The molecule has 0 aromatic heterocycles. The van der Waals surface area contributed by atoms with Crippen LogP contribution in [-0.2, 0) is 13.0 Å². The first-order valence-electron chi connectivity index (χ1n) is 6.18. The van der Waals surface area contributed by atoms with Crippen LogP contribution in [-0.4, -0.2) is 5.78 Å². The van der Waals surface area contributed by atoms with E-state index in [0.29, 0.717) is 17.7 Å². The third kappa shape index (κ3) is 3.06. The van der Waals surface area contributed by atoms with Crippen LogP contribution < -0.4 is 5.73 Å². The molecule has 0 saturated heterocycles. The van der Waals surface area contributed by atoms with Gasteiger partial charge in [-0.25, -0.2) is 4.39 Å². The molecule has 2 aromatic carbocycles. The van der Waals surface area contributed by atoms with Crippen LogP contribution in [0.25, 0.3) is 0 Å². The van der Waals surface area contributed by atoms with E-state index in [1.165, 1.54) is 6.07 Å². The molecule has 0 amide bonds. The van der Waals surface area contributed by atoms with Gasteiger partial charge in [-0.1, -0.05) is 36.4 Å². The molecule has 2 N–H and O–H groups in total. The van der Waals surface area contributed by atoms with Gasteiger partial charge in [-0.3, -0.25) is 4.79 Å². The van der Waals surface area contributed by atoms with Gasteiger partial charge in [0.2, 0.25) is 0 Å². The molecule has 0 aliphatic heterocycles. The molecule has 0 bridgehead atoms. The van der Waals surface area contributed by atoms with Crippen molar-refractivity contribution in [2.75, 3.05) is 0 Å². The maximum Gasteiger partial charge on any atom is 0.167 e. The maximum atomic E-state index is 13.5. The zero-order valence-electron chi connectivity index (χ0n) is 10.8. The third-order valence-electron chi connectivity index (χ3n) is 3.18. The quantitative estimate of drug-likeness (QED) is 0.855. The van der Waals surface area contributed by atoms with Gasteiger partial charge < -0.3 is 5.73 Å². The number of nitrogens with two attached hydrogens (primary N) is 1. The van der Waals surface area contributed by atoms with E-state index < -0.39 is 0 Å². The van der Waals surface area contributed by atoms with Gasteiger partial charge in [0.1, 0.15) is 5.82 Å². The Balaban J connectivity index is 2.23. The Morgan fingerprint density at radius 1 is 1.16 bits per heavy atom. The van der Waals surface area contributed by atoms with Gasteiger partial charge in [0.15, 0.2) is 5.78 Å². The van der Waals surface area contributed by atoms with Gasteiger partial charge >= 0.3 is 0 Å². The van der Waals surface area contributed by atoms with Crippen molar-refractivity contribution in [3.63, 3.8) is 0 Å². The third-order valence-corrected chi connectivity index (χ3v) is 3.18. The normalized spacial score (nSPS) is 10.5. The monoisotopic (exact) mass is 257 g/mol. The molecular formula is C16H16FNO. The predicted molar refractivity (Wildman–Crippen MR) is 73.5 cm³/mol. The molecule has 2 rings (SSSR count). The average molecular weight is 257 g/mol. The summed E-state index contributed by atoms with van der Waals surface area (Å²) in [5, 5.41) is 0. The molecule has 0 fully saturated rings. The number of benzene rings is 2. The number of halogens is 1. The summed E-state index contributed by atoms with van der Waals surface area (Å²) >= 11 is 0. The SMILES string of the molecule is Cc1ccc(C(=O)Cc2ccccc2CN)cc1F. The zero-order chi connectivity index (χ0) is 13.8. The van der Waals surface area contributed by atoms with Crippen LogP contribution in [0.3, 0.4) is 0 Å². The van der Waals surface area contributed by atoms with E-state index in [0.717, 1.165) is 11.1 Å². The maximum absolute atomic E-state index is 13.5. The summed E-state index contributed by atoms with van der Waals surface area (Å²) < 4.78 is 13.5. The van der Waals surface area contributed by atoms with Crippen LogP contribution in [0.2, 0.25) is 0 Å². The first kappa shape index (κ1) is 13.4. The molecule has 2 nitrogen and oxygen atoms in total. The van der Waals surface area contributed by atoms with Gasteiger partial charge in [0.05, 0.1) is 0 Å². The van der Waals surface area contributed by atoms with Gasteiger partial charge in [0.25, 0.3) is 0 Å². The fraction of sp³-hybridized carbons (Fsp3) is 0.188. The minimum absolute atomic E-state index is 0.0974. The number of rotatable bonds is 4. The van der Waals surface area contributed by atoms with E-state index in [9.17, 15) is 9.18 Å². The minimum Gasteiger partial charge on any atom is -0.326 e. The second-order valence-electron chi connectivity index (χ2n) is 4.54. The number of hydrogen-bond donors (Lipinski definition) is 1. The summed E-state index contributed by atoms with van der Waals surface area (Å²) in [6, 6.07) is 12.1. The molecule has 19 heavy (non-hydrogen) atoms. The molecule has 0 aliphatic rings. The van der Waals surface area contributed by atoms with Crippen molar-refractivity contribution in [2.45, 2.75) is 19.9 Å². The molecule has 0 spiro atoms. The predicted octanol–water partition coefficient (Wildman–Crippen LogP) is 3.02. The first-order valence-corrected chi connectivity index (χ1v) is 6.18. The molecule has 0 radical (unpaired) electrons. The second-order valence-corrected chi connectivity index (χ2v) is 4.54. The average Bonchev–Trinajstić information content (AvgIpc) is 2.42. The molecule has 0 unspecified atom stereocenters. The van der Waals surface area contributed by atoms with E-state index >= 15 is 0 Å². The zero-order valence-corrected chi connectivity index (χ0v) is 10.8. The fourth-order valence-corrected chi connectivity index (χ4v) is 1.97. The number of aryl methyl sites for hydroxylation is 1. The van der Waals surface area contributed by atoms with E-state index in [1.54, 1.807) is 19.1 Å². The van der Waals surface area contributed by atoms with Crippen LogP contribution in [0, 0.1) is 12.7 Å².